The van der Waals surface area contributed by atoms with E-state index in [1.54, 1.807) is 55.5 Å². The van der Waals surface area contributed by atoms with Crippen LogP contribution in [0.25, 0.3) is 0 Å². The van der Waals surface area contributed by atoms with Gasteiger partial charge >= 0.3 is 0 Å². The van der Waals surface area contributed by atoms with Crippen LogP contribution in [0.1, 0.15) is 43.9 Å². The lowest BCUT2D eigenvalue weighted by atomic mass is 10.1. The maximum Gasteiger partial charge on any atom is 0.264 e. The molecule has 0 fully saturated rings. The number of hydrogen-bond donors (Lipinski definition) is 1. The minimum Gasteiger partial charge on any atom is -0.352 e. The summed E-state index contributed by atoms with van der Waals surface area (Å²) >= 11 is 12.5. The van der Waals surface area contributed by atoms with Crippen LogP contribution in [0.5, 0.6) is 0 Å². The number of carbonyl (C=O) groups excluding carboxylic acids is 2. The zero-order chi connectivity index (χ0) is 29.6. The normalized spacial score (nSPS) is 12.9. The van der Waals surface area contributed by atoms with Crippen LogP contribution in [0.3, 0.4) is 0 Å². The summed E-state index contributed by atoms with van der Waals surface area (Å²) in [5.41, 5.74) is 2.79. The monoisotopic (exact) mass is 603 g/mol. The van der Waals surface area contributed by atoms with Crippen LogP contribution < -0.4 is 9.62 Å². The minimum absolute atomic E-state index is 0.0178. The van der Waals surface area contributed by atoms with Crippen molar-refractivity contribution in [3.05, 3.63) is 93.5 Å². The lowest BCUT2D eigenvalue weighted by Gasteiger charge is -2.32. The van der Waals surface area contributed by atoms with Gasteiger partial charge in [-0.1, -0.05) is 60.5 Å². The molecule has 214 valence electrons. The molecule has 0 aliphatic heterocycles. The van der Waals surface area contributed by atoms with Crippen molar-refractivity contribution in [1.29, 1.82) is 0 Å². The molecule has 3 aromatic rings. The summed E-state index contributed by atoms with van der Waals surface area (Å²) in [6.45, 7) is 8.70. The number of aryl methyl sites for hydroxylation is 2. The van der Waals surface area contributed by atoms with Crippen molar-refractivity contribution in [2.24, 2.45) is 0 Å². The van der Waals surface area contributed by atoms with E-state index in [0.29, 0.717) is 27.7 Å². The zero-order valence-corrected chi connectivity index (χ0v) is 25.6. The van der Waals surface area contributed by atoms with E-state index in [-0.39, 0.29) is 23.4 Å². The van der Waals surface area contributed by atoms with Gasteiger partial charge in [0.15, 0.2) is 0 Å². The molecule has 0 spiro atoms. The summed E-state index contributed by atoms with van der Waals surface area (Å²) in [5, 5.41) is 3.68. The molecule has 0 bridgehead atoms. The second kappa shape index (κ2) is 13.5. The number of sulfonamides is 1. The van der Waals surface area contributed by atoms with E-state index in [9.17, 15) is 18.0 Å². The van der Waals surface area contributed by atoms with Crippen LogP contribution in [-0.2, 0) is 26.2 Å². The first-order valence-corrected chi connectivity index (χ1v) is 15.2. The molecule has 0 saturated carbocycles. The second-order valence-electron chi connectivity index (χ2n) is 9.84. The maximum absolute atomic E-state index is 14.0. The van der Waals surface area contributed by atoms with E-state index in [1.165, 1.54) is 17.0 Å². The van der Waals surface area contributed by atoms with Gasteiger partial charge in [0.05, 0.1) is 10.6 Å². The number of nitrogens with one attached hydrogen (secondary N) is 1. The highest BCUT2D eigenvalue weighted by atomic mass is 35.5. The minimum atomic E-state index is -4.13. The third kappa shape index (κ3) is 7.56. The number of carbonyl (C=O) groups is 2. The van der Waals surface area contributed by atoms with Gasteiger partial charge in [-0.2, -0.15) is 0 Å². The van der Waals surface area contributed by atoms with E-state index in [0.717, 1.165) is 15.4 Å². The van der Waals surface area contributed by atoms with Gasteiger partial charge in [0, 0.05) is 22.6 Å². The van der Waals surface area contributed by atoms with Crippen molar-refractivity contribution < 1.29 is 18.0 Å². The number of amides is 2. The third-order valence-corrected chi connectivity index (χ3v) is 9.29. The number of hydrogen-bond acceptors (Lipinski definition) is 4. The molecule has 0 radical (unpaired) electrons. The number of halogens is 2. The Balaban J connectivity index is 2.06. The van der Waals surface area contributed by atoms with Crippen molar-refractivity contribution >= 4 is 50.7 Å². The first-order chi connectivity index (χ1) is 18.8. The highest BCUT2D eigenvalue weighted by Crippen LogP contribution is 2.27. The Hall–Kier alpha value is -3.07. The fourth-order valence-electron chi connectivity index (χ4n) is 4.01. The van der Waals surface area contributed by atoms with Gasteiger partial charge in [-0.15, -0.1) is 0 Å². The molecule has 0 aliphatic rings. The van der Waals surface area contributed by atoms with Gasteiger partial charge in [-0.05, 0) is 87.2 Å². The summed E-state index contributed by atoms with van der Waals surface area (Å²) in [7, 11) is -4.13. The molecule has 1 N–H and O–H groups in total. The highest BCUT2D eigenvalue weighted by molar-refractivity contribution is 7.92. The van der Waals surface area contributed by atoms with E-state index >= 15 is 0 Å². The lowest BCUT2D eigenvalue weighted by molar-refractivity contribution is -0.139. The summed E-state index contributed by atoms with van der Waals surface area (Å²) < 4.78 is 28.8. The summed E-state index contributed by atoms with van der Waals surface area (Å²) in [4.78, 5) is 28.6. The van der Waals surface area contributed by atoms with Gasteiger partial charge in [-0.3, -0.25) is 13.9 Å². The Bertz CT molecular complexity index is 1470. The van der Waals surface area contributed by atoms with Crippen LogP contribution in [-0.4, -0.2) is 43.8 Å². The summed E-state index contributed by atoms with van der Waals surface area (Å²) in [6.07, 6.45) is 0.714. The van der Waals surface area contributed by atoms with Crippen molar-refractivity contribution in [3.63, 3.8) is 0 Å². The predicted octanol–water partition coefficient (Wildman–Crippen LogP) is 6.14. The summed E-state index contributed by atoms with van der Waals surface area (Å²) in [6, 6.07) is 17.1. The van der Waals surface area contributed by atoms with Crippen LogP contribution in [0, 0.1) is 13.8 Å². The Morgan fingerprint density at radius 1 is 0.925 bits per heavy atom. The van der Waals surface area contributed by atoms with E-state index in [1.807, 2.05) is 33.8 Å². The fourth-order valence-corrected chi connectivity index (χ4v) is 5.91. The van der Waals surface area contributed by atoms with Crippen molar-refractivity contribution in [3.8, 4) is 0 Å². The molecular weight excluding hydrogens is 569 g/mol. The molecule has 0 heterocycles. The average molecular weight is 605 g/mol. The van der Waals surface area contributed by atoms with Gasteiger partial charge in [0.25, 0.3) is 10.0 Å². The molecule has 2 atom stereocenters. The Morgan fingerprint density at radius 3 is 2.20 bits per heavy atom. The zero-order valence-electron chi connectivity index (χ0n) is 23.3. The predicted molar refractivity (Wildman–Crippen MR) is 161 cm³/mol. The number of anilines is 1. The quantitative estimate of drug-likeness (QED) is 0.285. The molecule has 40 heavy (non-hydrogen) atoms. The molecule has 7 nitrogen and oxygen atoms in total. The van der Waals surface area contributed by atoms with Crippen LogP contribution >= 0.6 is 23.2 Å². The third-order valence-electron chi connectivity index (χ3n) is 6.91. The lowest BCUT2D eigenvalue weighted by Crippen LogP contribution is -2.52. The Kier molecular flexibility index (Phi) is 10.6. The average Bonchev–Trinajstić information content (AvgIpc) is 2.92. The molecule has 10 heteroatoms. The van der Waals surface area contributed by atoms with E-state index in [2.05, 4.69) is 5.32 Å². The largest absolute Gasteiger partial charge is 0.352 e. The highest BCUT2D eigenvalue weighted by Gasteiger charge is 2.33. The van der Waals surface area contributed by atoms with Crippen LogP contribution in [0.2, 0.25) is 10.0 Å². The van der Waals surface area contributed by atoms with Gasteiger partial charge in [0.2, 0.25) is 11.8 Å². The molecule has 0 unspecified atom stereocenters. The van der Waals surface area contributed by atoms with Crippen LogP contribution in [0.15, 0.2) is 71.6 Å². The Labute approximate surface area is 247 Å². The molecule has 3 aromatic carbocycles. The number of nitrogens with zero attached hydrogens (tertiary/aromatic N) is 2. The standard InChI is InChI=1S/C30H35Cl2N3O4S/c1-6-22(4)33-30(37)23(5)34(18-24-13-14-25(31)17-28(24)32)29(36)19-35(26-15-12-20(2)21(3)16-26)40(38,39)27-10-8-7-9-11-27/h7-17,22-23H,6,18-19H2,1-5H3,(H,33,37)/t22-,23+/m0/s1. The molecule has 2 amide bonds. The molecule has 3 rings (SSSR count). The van der Waals surface area contributed by atoms with E-state index in [4.69, 9.17) is 23.2 Å². The number of rotatable bonds is 11. The van der Waals surface area contributed by atoms with Crippen molar-refractivity contribution in [2.45, 2.75) is 64.6 Å². The van der Waals surface area contributed by atoms with Gasteiger partial charge in [0.1, 0.15) is 12.6 Å². The molecule has 0 aliphatic carbocycles. The molecular formula is C30H35Cl2N3O4S. The number of benzene rings is 3. The van der Waals surface area contributed by atoms with Crippen molar-refractivity contribution in [1.82, 2.24) is 10.2 Å². The van der Waals surface area contributed by atoms with Gasteiger partial charge in [-0.25, -0.2) is 8.42 Å². The van der Waals surface area contributed by atoms with Crippen LogP contribution in [0.4, 0.5) is 5.69 Å². The fraction of sp³-hybridized carbons (Fsp3) is 0.333. The topological polar surface area (TPSA) is 86.8 Å². The molecule has 0 aromatic heterocycles. The first kappa shape index (κ1) is 31.5. The van der Waals surface area contributed by atoms with E-state index < -0.39 is 28.5 Å². The first-order valence-electron chi connectivity index (χ1n) is 13.0. The van der Waals surface area contributed by atoms with Crippen molar-refractivity contribution in [2.75, 3.05) is 10.8 Å². The summed E-state index contributed by atoms with van der Waals surface area (Å²) in [5.74, 6) is -0.910. The SMILES string of the molecule is CC[C@H](C)NC(=O)[C@@H](C)N(Cc1ccc(Cl)cc1Cl)C(=O)CN(c1ccc(C)c(C)c1)S(=O)(=O)c1ccccc1. The Morgan fingerprint density at radius 2 is 1.60 bits per heavy atom. The maximum atomic E-state index is 14.0. The molecule has 0 saturated heterocycles. The second-order valence-corrected chi connectivity index (χ2v) is 12.6. The smallest absolute Gasteiger partial charge is 0.264 e. The van der Waals surface area contributed by atoms with Gasteiger partial charge < -0.3 is 10.2 Å².